The number of rotatable bonds is 6. The van der Waals surface area contributed by atoms with Crippen molar-refractivity contribution in [1.29, 1.82) is 0 Å². The first-order chi connectivity index (χ1) is 15.4. The summed E-state index contributed by atoms with van der Waals surface area (Å²) in [6, 6.07) is 11.4. The summed E-state index contributed by atoms with van der Waals surface area (Å²) in [6.45, 7) is 1.76. The summed E-state index contributed by atoms with van der Waals surface area (Å²) in [5.74, 6) is 0.136. The van der Waals surface area contributed by atoms with Crippen molar-refractivity contribution in [2.24, 2.45) is 0 Å². The summed E-state index contributed by atoms with van der Waals surface area (Å²) < 4.78 is 16.4. The number of nitrogens with zero attached hydrogens (tertiary/aromatic N) is 2. The van der Waals surface area contributed by atoms with Gasteiger partial charge in [-0.15, -0.1) is 0 Å². The van der Waals surface area contributed by atoms with Gasteiger partial charge in [-0.3, -0.25) is 9.59 Å². The fourth-order valence-electron chi connectivity index (χ4n) is 3.90. The molecule has 2 aliphatic heterocycles. The Morgan fingerprint density at radius 1 is 1.09 bits per heavy atom. The molecule has 8 heteroatoms. The number of hydrogen-bond acceptors (Lipinski definition) is 7. The van der Waals surface area contributed by atoms with E-state index in [0.717, 1.165) is 0 Å². The van der Waals surface area contributed by atoms with Gasteiger partial charge in [0.15, 0.2) is 11.5 Å². The minimum Gasteiger partial charge on any atom is -0.507 e. The van der Waals surface area contributed by atoms with Crippen LogP contribution in [-0.4, -0.2) is 74.1 Å². The number of aliphatic hydroxyl groups is 1. The first kappa shape index (κ1) is 21.7. The molecule has 1 N–H and O–H groups in total. The molecule has 1 amide bonds. The van der Waals surface area contributed by atoms with Crippen molar-refractivity contribution in [2.45, 2.75) is 6.04 Å². The van der Waals surface area contributed by atoms with Gasteiger partial charge in [-0.1, -0.05) is 12.1 Å². The second-order valence-corrected chi connectivity index (χ2v) is 7.93. The fraction of sp³-hybridized carbons (Fsp3) is 0.333. The summed E-state index contributed by atoms with van der Waals surface area (Å²) >= 11 is 0. The number of ether oxygens (including phenoxy) is 3. The maximum absolute atomic E-state index is 13.1. The molecule has 1 fully saturated rings. The molecule has 8 nitrogen and oxygen atoms in total. The molecular weight excluding hydrogens is 412 g/mol. The van der Waals surface area contributed by atoms with Crippen molar-refractivity contribution in [2.75, 3.05) is 47.5 Å². The van der Waals surface area contributed by atoms with Gasteiger partial charge < -0.3 is 29.1 Å². The Labute approximate surface area is 186 Å². The van der Waals surface area contributed by atoms with Gasteiger partial charge in [0, 0.05) is 18.7 Å². The van der Waals surface area contributed by atoms with E-state index in [1.807, 2.05) is 19.0 Å². The maximum atomic E-state index is 13.1. The van der Waals surface area contributed by atoms with Crippen molar-refractivity contribution < 1.29 is 28.9 Å². The van der Waals surface area contributed by atoms with Crippen LogP contribution in [0.1, 0.15) is 17.2 Å². The van der Waals surface area contributed by atoms with E-state index in [9.17, 15) is 14.7 Å². The lowest BCUT2D eigenvalue weighted by molar-refractivity contribution is -0.140. The molecular formula is C24H26N2O6. The van der Waals surface area contributed by atoms with E-state index in [0.29, 0.717) is 54.7 Å². The Hall–Kier alpha value is -3.52. The summed E-state index contributed by atoms with van der Waals surface area (Å²) in [4.78, 5) is 29.5. The zero-order valence-electron chi connectivity index (χ0n) is 18.3. The molecule has 0 spiro atoms. The van der Waals surface area contributed by atoms with Crippen molar-refractivity contribution in [3.8, 4) is 17.2 Å². The normalized spacial score (nSPS) is 19.5. The highest BCUT2D eigenvalue weighted by molar-refractivity contribution is 6.46. The number of aliphatic hydroxyl groups excluding tert-OH is 1. The van der Waals surface area contributed by atoms with Crippen LogP contribution >= 0.6 is 0 Å². The summed E-state index contributed by atoms with van der Waals surface area (Å²) in [6.07, 6.45) is 0. The van der Waals surface area contributed by atoms with Crippen LogP contribution in [0, 0.1) is 0 Å². The van der Waals surface area contributed by atoms with E-state index < -0.39 is 17.7 Å². The first-order valence-corrected chi connectivity index (χ1v) is 10.4. The number of likely N-dealkylation sites (N-methyl/N-ethyl adjacent to an activating group) is 1. The highest BCUT2D eigenvalue weighted by Crippen LogP contribution is 2.41. The maximum Gasteiger partial charge on any atom is 0.295 e. The number of hydrogen-bond donors (Lipinski definition) is 1. The highest BCUT2D eigenvalue weighted by atomic mass is 16.6. The number of ketones is 1. The monoisotopic (exact) mass is 438 g/mol. The molecule has 32 heavy (non-hydrogen) atoms. The van der Waals surface area contributed by atoms with Gasteiger partial charge in [0.1, 0.15) is 24.7 Å². The van der Waals surface area contributed by atoms with Crippen molar-refractivity contribution in [3.05, 3.63) is 59.2 Å². The topological polar surface area (TPSA) is 88.5 Å². The number of amides is 1. The molecule has 2 aliphatic rings. The van der Waals surface area contributed by atoms with Gasteiger partial charge >= 0.3 is 0 Å². The average Bonchev–Trinajstić information content (AvgIpc) is 3.06. The lowest BCUT2D eigenvalue weighted by Crippen LogP contribution is -2.35. The molecule has 1 saturated heterocycles. The summed E-state index contributed by atoms with van der Waals surface area (Å²) in [7, 11) is 5.36. The van der Waals surface area contributed by atoms with E-state index in [1.54, 1.807) is 49.6 Å². The minimum atomic E-state index is -0.714. The predicted molar refractivity (Wildman–Crippen MR) is 118 cm³/mol. The molecule has 0 saturated carbocycles. The number of Topliss-reactive ketones (excluding diaryl/α,β-unsaturated/α-hetero) is 1. The third-order valence-corrected chi connectivity index (χ3v) is 5.58. The Kier molecular flexibility index (Phi) is 6.05. The van der Waals surface area contributed by atoms with E-state index >= 15 is 0 Å². The van der Waals surface area contributed by atoms with Crippen LogP contribution in [0.5, 0.6) is 17.2 Å². The molecule has 0 aromatic heterocycles. The van der Waals surface area contributed by atoms with Crippen molar-refractivity contribution in [3.63, 3.8) is 0 Å². The largest absolute Gasteiger partial charge is 0.507 e. The summed E-state index contributed by atoms with van der Waals surface area (Å²) in [5.41, 5.74) is 1.15. The predicted octanol–water partition coefficient (Wildman–Crippen LogP) is 2.45. The standard InChI is InChI=1S/C24H26N2O6/c1-25(2)10-11-26-21(15-4-7-17(30-3)8-5-15)20(23(28)24(26)29)22(27)16-6-9-18-19(14-16)32-13-12-31-18/h4-9,14,21,27H,10-13H2,1-3H3. The molecule has 4 rings (SSSR count). The lowest BCUT2D eigenvalue weighted by atomic mass is 9.95. The SMILES string of the molecule is COc1ccc(C2C(=C(O)c3ccc4c(c3)OCCO4)C(=O)C(=O)N2CCN(C)C)cc1. The van der Waals surface area contributed by atoms with Crippen LogP contribution < -0.4 is 14.2 Å². The van der Waals surface area contributed by atoms with Crippen LogP contribution in [0.4, 0.5) is 0 Å². The third kappa shape index (κ3) is 4.01. The Balaban J connectivity index is 1.81. The van der Waals surface area contributed by atoms with Crippen LogP contribution in [-0.2, 0) is 9.59 Å². The first-order valence-electron chi connectivity index (χ1n) is 10.4. The second-order valence-electron chi connectivity index (χ2n) is 7.93. The molecule has 2 heterocycles. The molecule has 168 valence electrons. The van der Waals surface area contributed by atoms with Crippen molar-refractivity contribution >= 4 is 17.4 Å². The third-order valence-electron chi connectivity index (χ3n) is 5.58. The van der Waals surface area contributed by atoms with Crippen LogP contribution in [0.3, 0.4) is 0 Å². The zero-order valence-corrected chi connectivity index (χ0v) is 18.3. The smallest absolute Gasteiger partial charge is 0.295 e. The van der Waals surface area contributed by atoms with Crippen LogP contribution in [0.2, 0.25) is 0 Å². The van der Waals surface area contributed by atoms with Crippen LogP contribution in [0.25, 0.3) is 5.76 Å². The Bertz CT molecular complexity index is 1060. The number of fused-ring (bicyclic) bond motifs is 1. The molecule has 1 unspecified atom stereocenters. The minimum absolute atomic E-state index is 0.0515. The number of carbonyl (C=O) groups excluding carboxylic acids is 2. The van der Waals surface area contributed by atoms with E-state index in [4.69, 9.17) is 14.2 Å². The number of carbonyl (C=O) groups is 2. The van der Waals surface area contributed by atoms with Gasteiger partial charge in [-0.2, -0.15) is 0 Å². The second kappa shape index (κ2) is 8.92. The van der Waals surface area contributed by atoms with Crippen molar-refractivity contribution in [1.82, 2.24) is 9.80 Å². The highest BCUT2D eigenvalue weighted by Gasteiger charge is 2.46. The van der Waals surface area contributed by atoms with E-state index in [2.05, 4.69) is 0 Å². The molecule has 0 aliphatic carbocycles. The zero-order chi connectivity index (χ0) is 22.8. The summed E-state index contributed by atoms with van der Waals surface area (Å²) in [5, 5.41) is 11.2. The number of methoxy groups -OCH3 is 1. The van der Waals surface area contributed by atoms with Gasteiger partial charge in [0.25, 0.3) is 11.7 Å². The van der Waals surface area contributed by atoms with Crippen LogP contribution in [0.15, 0.2) is 48.0 Å². The molecule has 0 bridgehead atoms. The molecule has 1 atom stereocenters. The van der Waals surface area contributed by atoms with Gasteiger partial charge in [-0.05, 0) is 50.0 Å². The van der Waals surface area contributed by atoms with E-state index in [-0.39, 0.29) is 11.3 Å². The number of likely N-dealkylation sites (tertiary alicyclic amines) is 1. The van der Waals surface area contributed by atoms with Gasteiger partial charge in [-0.25, -0.2) is 0 Å². The molecule has 2 aromatic carbocycles. The fourth-order valence-corrected chi connectivity index (χ4v) is 3.90. The van der Waals surface area contributed by atoms with Gasteiger partial charge in [0.05, 0.1) is 18.7 Å². The van der Waals surface area contributed by atoms with E-state index in [1.165, 1.54) is 4.90 Å². The Morgan fingerprint density at radius 3 is 2.44 bits per heavy atom. The molecule has 2 aromatic rings. The Morgan fingerprint density at radius 2 is 1.78 bits per heavy atom. The quantitative estimate of drug-likeness (QED) is 0.421. The molecule has 0 radical (unpaired) electrons. The lowest BCUT2D eigenvalue weighted by Gasteiger charge is -2.26. The average molecular weight is 438 g/mol. The number of benzene rings is 2. The van der Waals surface area contributed by atoms with Gasteiger partial charge in [0.2, 0.25) is 0 Å².